The van der Waals surface area contributed by atoms with Gasteiger partial charge in [-0.3, -0.25) is 14.4 Å². The average Bonchev–Trinajstić information content (AvgIpc) is 2.85. The van der Waals surface area contributed by atoms with E-state index < -0.39 is 5.91 Å². The fourth-order valence-electron chi connectivity index (χ4n) is 3.88. The molecule has 5 rings (SSSR count). The molecule has 166 valence electrons. The van der Waals surface area contributed by atoms with Crippen LogP contribution >= 0.6 is 15.9 Å². The number of fused-ring (bicyclic) bond motifs is 2. The first-order chi connectivity index (χ1) is 16.4. The lowest BCUT2D eigenvalue weighted by Crippen LogP contribution is -2.25. The number of rotatable bonds is 4. The maximum absolute atomic E-state index is 13.3. The summed E-state index contributed by atoms with van der Waals surface area (Å²) in [6.07, 6.45) is 0. The van der Waals surface area contributed by atoms with Crippen LogP contribution in [0.25, 0.3) is 0 Å². The first-order valence-corrected chi connectivity index (χ1v) is 11.2. The van der Waals surface area contributed by atoms with E-state index in [1.165, 1.54) is 6.07 Å². The fourth-order valence-corrected chi connectivity index (χ4v) is 4.30. The summed E-state index contributed by atoms with van der Waals surface area (Å²) in [6, 6.07) is 24.0. The highest BCUT2D eigenvalue weighted by atomic mass is 79.9. The van der Waals surface area contributed by atoms with Crippen LogP contribution in [0, 0.1) is 0 Å². The van der Waals surface area contributed by atoms with E-state index in [-0.39, 0.29) is 45.2 Å². The second kappa shape index (κ2) is 8.61. The lowest BCUT2D eigenvalue weighted by atomic mass is 9.82. The number of nitrogens with two attached hydrogens (primary N) is 1. The molecular formula is C27H17BrN2O4. The van der Waals surface area contributed by atoms with E-state index in [2.05, 4.69) is 21.2 Å². The summed E-state index contributed by atoms with van der Waals surface area (Å²) in [5.74, 6) is 0.0896. The lowest BCUT2D eigenvalue weighted by Gasteiger charge is -2.22. The van der Waals surface area contributed by atoms with Gasteiger partial charge in [-0.2, -0.15) is 0 Å². The van der Waals surface area contributed by atoms with Crippen molar-refractivity contribution in [2.24, 2.45) is 0 Å². The molecule has 6 nitrogen and oxygen atoms in total. The summed E-state index contributed by atoms with van der Waals surface area (Å²) in [5, 5.41) is 2.77. The third-order valence-electron chi connectivity index (χ3n) is 5.53. The predicted octanol–water partition coefficient (Wildman–Crippen LogP) is 5.85. The Hall–Kier alpha value is -4.23. The molecular weight excluding hydrogens is 496 g/mol. The molecule has 1 aliphatic rings. The molecule has 3 N–H and O–H groups in total. The maximum Gasteiger partial charge on any atom is 0.255 e. The van der Waals surface area contributed by atoms with Gasteiger partial charge in [0.1, 0.15) is 11.5 Å². The van der Waals surface area contributed by atoms with Crippen molar-refractivity contribution >= 4 is 44.8 Å². The number of hydrogen-bond donors (Lipinski definition) is 2. The molecule has 0 fully saturated rings. The number of halogens is 1. The van der Waals surface area contributed by atoms with Gasteiger partial charge in [0.15, 0.2) is 11.6 Å². The minimum atomic E-state index is -0.441. The molecule has 4 aromatic rings. The first-order valence-electron chi connectivity index (χ1n) is 10.4. The normalized spacial score (nSPS) is 12.0. The summed E-state index contributed by atoms with van der Waals surface area (Å²) in [5.41, 5.74) is 7.61. The zero-order chi connectivity index (χ0) is 23.8. The van der Waals surface area contributed by atoms with E-state index in [1.54, 1.807) is 48.5 Å². The molecule has 0 spiro atoms. The second-order valence-corrected chi connectivity index (χ2v) is 8.52. The van der Waals surface area contributed by atoms with Crippen LogP contribution in [0.1, 0.15) is 42.2 Å². The number of amides is 1. The maximum atomic E-state index is 13.3. The molecule has 0 saturated carbocycles. The third kappa shape index (κ3) is 3.76. The third-order valence-corrected chi connectivity index (χ3v) is 6.19. The van der Waals surface area contributed by atoms with Crippen LogP contribution in [0.2, 0.25) is 0 Å². The van der Waals surface area contributed by atoms with Gasteiger partial charge in [-0.05, 0) is 58.4 Å². The quantitative estimate of drug-likeness (QED) is 0.294. The van der Waals surface area contributed by atoms with E-state index in [0.717, 1.165) is 0 Å². The second-order valence-electron chi connectivity index (χ2n) is 7.67. The zero-order valence-corrected chi connectivity index (χ0v) is 19.3. The minimum absolute atomic E-state index is 0.0833. The van der Waals surface area contributed by atoms with Crippen molar-refractivity contribution < 1.29 is 19.1 Å². The van der Waals surface area contributed by atoms with Crippen LogP contribution in [-0.2, 0) is 0 Å². The Balaban J connectivity index is 1.46. The highest BCUT2D eigenvalue weighted by molar-refractivity contribution is 9.10. The number of carbonyl (C=O) groups excluding carboxylic acids is 3. The Morgan fingerprint density at radius 3 is 1.97 bits per heavy atom. The molecule has 0 unspecified atom stereocenters. The van der Waals surface area contributed by atoms with Crippen LogP contribution in [0.4, 0.5) is 11.4 Å². The Labute approximate surface area is 203 Å². The number of nitrogen functional groups attached to an aromatic ring is 1. The molecule has 34 heavy (non-hydrogen) atoms. The van der Waals surface area contributed by atoms with Crippen molar-refractivity contribution in [3.63, 3.8) is 0 Å². The number of ketones is 2. The number of para-hydroxylation sites is 1. The van der Waals surface area contributed by atoms with Gasteiger partial charge in [0.2, 0.25) is 0 Å². The molecule has 7 heteroatoms. The topological polar surface area (TPSA) is 98.5 Å². The standard InChI is InChI=1S/C27H17BrN2O4/c28-20-14-21(22-23(24(20)29)26(32)19-9-5-4-8-18(19)25(22)31)30-27(33)15-10-12-17(13-11-15)34-16-6-2-1-3-7-16/h1-14H,29H2,(H,30,33). The molecule has 0 heterocycles. The number of anilines is 2. The van der Waals surface area contributed by atoms with Crippen molar-refractivity contribution in [1.82, 2.24) is 0 Å². The van der Waals surface area contributed by atoms with Gasteiger partial charge in [0.05, 0.1) is 22.5 Å². The first kappa shape index (κ1) is 21.6. The van der Waals surface area contributed by atoms with Gasteiger partial charge in [-0.25, -0.2) is 0 Å². The summed E-state index contributed by atoms with van der Waals surface area (Å²) < 4.78 is 6.17. The summed E-state index contributed by atoms with van der Waals surface area (Å²) in [7, 11) is 0. The van der Waals surface area contributed by atoms with Crippen molar-refractivity contribution in [2.45, 2.75) is 0 Å². The molecule has 0 atom stereocenters. The van der Waals surface area contributed by atoms with Gasteiger partial charge in [-0.15, -0.1) is 0 Å². The highest BCUT2D eigenvalue weighted by Gasteiger charge is 2.34. The zero-order valence-electron chi connectivity index (χ0n) is 17.7. The van der Waals surface area contributed by atoms with E-state index in [9.17, 15) is 14.4 Å². The molecule has 0 aliphatic heterocycles. The largest absolute Gasteiger partial charge is 0.457 e. The van der Waals surface area contributed by atoms with Crippen molar-refractivity contribution in [3.05, 3.63) is 117 Å². The predicted molar refractivity (Wildman–Crippen MR) is 133 cm³/mol. The van der Waals surface area contributed by atoms with Gasteiger partial charge < -0.3 is 15.8 Å². The molecule has 0 bridgehead atoms. The minimum Gasteiger partial charge on any atom is -0.457 e. The van der Waals surface area contributed by atoms with E-state index in [4.69, 9.17) is 10.5 Å². The Morgan fingerprint density at radius 1 is 0.765 bits per heavy atom. The average molecular weight is 513 g/mol. The number of ether oxygens (including phenoxy) is 1. The monoisotopic (exact) mass is 512 g/mol. The summed E-state index contributed by atoms with van der Waals surface area (Å²) in [4.78, 5) is 39.4. The van der Waals surface area contributed by atoms with Crippen LogP contribution in [-0.4, -0.2) is 17.5 Å². The number of carbonyl (C=O) groups is 3. The molecule has 1 amide bonds. The molecule has 4 aromatic carbocycles. The summed E-state index contributed by atoms with van der Waals surface area (Å²) in [6.45, 7) is 0. The van der Waals surface area contributed by atoms with Gasteiger partial charge in [-0.1, -0.05) is 42.5 Å². The van der Waals surface area contributed by atoms with E-state index >= 15 is 0 Å². The van der Waals surface area contributed by atoms with Crippen molar-refractivity contribution in [3.8, 4) is 11.5 Å². The van der Waals surface area contributed by atoms with Crippen LogP contribution in [0.5, 0.6) is 11.5 Å². The van der Waals surface area contributed by atoms with E-state index in [1.807, 2.05) is 30.3 Å². The number of hydrogen-bond acceptors (Lipinski definition) is 5. The van der Waals surface area contributed by atoms with Crippen molar-refractivity contribution in [1.29, 1.82) is 0 Å². The molecule has 1 aliphatic carbocycles. The van der Waals surface area contributed by atoms with Gasteiger partial charge in [0, 0.05) is 21.2 Å². The van der Waals surface area contributed by atoms with Crippen LogP contribution < -0.4 is 15.8 Å². The lowest BCUT2D eigenvalue weighted by molar-refractivity contribution is 0.0979. The fraction of sp³-hybridized carbons (Fsp3) is 0. The Morgan fingerprint density at radius 2 is 1.32 bits per heavy atom. The Bertz CT molecular complexity index is 1460. The van der Waals surface area contributed by atoms with Crippen molar-refractivity contribution in [2.75, 3.05) is 11.1 Å². The molecule has 0 saturated heterocycles. The number of benzene rings is 4. The SMILES string of the molecule is Nc1c(Br)cc(NC(=O)c2ccc(Oc3ccccc3)cc2)c2c1C(=O)c1ccccc1C2=O. The highest BCUT2D eigenvalue weighted by Crippen LogP contribution is 2.39. The van der Waals surface area contributed by atoms with Gasteiger partial charge in [0.25, 0.3) is 5.91 Å². The number of nitrogens with one attached hydrogen (secondary N) is 1. The molecule has 0 aromatic heterocycles. The molecule has 0 radical (unpaired) electrons. The summed E-state index contributed by atoms with van der Waals surface area (Å²) >= 11 is 3.34. The van der Waals surface area contributed by atoms with Crippen LogP contribution in [0.15, 0.2) is 89.4 Å². The Kier molecular flexibility index (Phi) is 5.47. The van der Waals surface area contributed by atoms with E-state index in [0.29, 0.717) is 21.5 Å². The van der Waals surface area contributed by atoms with Gasteiger partial charge >= 0.3 is 0 Å². The van der Waals surface area contributed by atoms with Crippen LogP contribution in [0.3, 0.4) is 0 Å². The smallest absolute Gasteiger partial charge is 0.255 e.